The lowest BCUT2D eigenvalue weighted by atomic mass is 10.3. The van der Waals surface area contributed by atoms with Crippen LogP contribution >= 0.6 is 0 Å². The van der Waals surface area contributed by atoms with Crippen molar-refractivity contribution < 1.29 is 19.0 Å². The van der Waals surface area contributed by atoms with Crippen LogP contribution in [0.5, 0.6) is 0 Å². The van der Waals surface area contributed by atoms with Gasteiger partial charge in [0.05, 0.1) is 6.61 Å². The van der Waals surface area contributed by atoms with Gasteiger partial charge in [-0.15, -0.1) is 0 Å². The van der Waals surface area contributed by atoms with Crippen LogP contribution in [0.3, 0.4) is 0 Å². The van der Waals surface area contributed by atoms with Crippen molar-refractivity contribution in [1.82, 2.24) is 0 Å². The summed E-state index contributed by atoms with van der Waals surface area (Å²) >= 11 is 0. The van der Waals surface area contributed by atoms with Crippen molar-refractivity contribution in [2.24, 2.45) is 0 Å². The Kier molecular flexibility index (Phi) is 3.34. The fourth-order valence-electron chi connectivity index (χ4n) is 0.939. The maximum absolute atomic E-state index is 10.6. The van der Waals surface area contributed by atoms with E-state index in [4.69, 9.17) is 14.2 Å². The van der Waals surface area contributed by atoms with Gasteiger partial charge in [-0.1, -0.05) is 13.3 Å². The van der Waals surface area contributed by atoms with Gasteiger partial charge in [0.2, 0.25) is 6.29 Å². The minimum absolute atomic E-state index is 0.283. The fourth-order valence-corrected chi connectivity index (χ4v) is 0.939. The Morgan fingerprint density at radius 2 is 2.25 bits per heavy atom. The normalized spacial score (nSPS) is 28.3. The molecule has 0 aromatic carbocycles. The lowest BCUT2D eigenvalue weighted by Gasteiger charge is -2.11. The number of carbonyl (C=O) groups excluding carboxylic acids is 1. The van der Waals surface area contributed by atoms with Crippen molar-refractivity contribution in [3.05, 3.63) is 0 Å². The van der Waals surface area contributed by atoms with Crippen LogP contribution in [0.2, 0.25) is 0 Å². The van der Waals surface area contributed by atoms with E-state index in [1.807, 2.05) is 0 Å². The Bertz CT molecular complexity index is 157. The van der Waals surface area contributed by atoms with Gasteiger partial charge in [-0.3, -0.25) is 0 Å². The molecule has 0 radical (unpaired) electrons. The van der Waals surface area contributed by atoms with Gasteiger partial charge in [0.15, 0.2) is 6.10 Å². The molecule has 0 saturated carbocycles. The molecule has 1 heterocycles. The number of unbranched alkanes of at least 4 members (excludes halogenated alkanes) is 1. The van der Waals surface area contributed by atoms with Crippen LogP contribution in [0.1, 0.15) is 26.7 Å². The first kappa shape index (κ1) is 9.32. The molecule has 0 bridgehead atoms. The monoisotopic (exact) mass is 174 g/mol. The summed E-state index contributed by atoms with van der Waals surface area (Å²) in [5, 5.41) is 0. The lowest BCUT2D eigenvalue weighted by Crippen LogP contribution is -2.23. The molecule has 0 aliphatic carbocycles. The quantitative estimate of drug-likeness (QED) is 0.480. The molecule has 0 N–H and O–H groups in total. The SMILES string of the molecule is CCCCOC1OC(=O)OC1C. The molecule has 0 spiro atoms. The summed E-state index contributed by atoms with van der Waals surface area (Å²) in [5.41, 5.74) is 0. The van der Waals surface area contributed by atoms with Crippen LogP contribution in [0.25, 0.3) is 0 Å². The summed E-state index contributed by atoms with van der Waals surface area (Å²) in [7, 11) is 0. The number of ether oxygens (including phenoxy) is 3. The third-order valence-electron chi connectivity index (χ3n) is 1.66. The Balaban J connectivity index is 2.19. The molecule has 4 nitrogen and oxygen atoms in total. The second-order valence-electron chi connectivity index (χ2n) is 2.78. The number of carbonyl (C=O) groups is 1. The summed E-state index contributed by atoms with van der Waals surface area (Å²) in [5.74, 6) is 0. The fraction of sp³-hybridized carbons (Fsp3) is 0.875. The number of hydrogen-bond acceptors (Lipinski definition) is 4. The topological polar surface area (TPSA) is 44.8 Å². The molecule has 70 valence electrons. The number of hydrogen-bond donors (Lipinski definition) is 0. The smallest absolute Gasteiger partial charge is 0.425 e. The van der Waals surface area contributed by atoms with Gasteiger partial charge in [-0.2, -0.15) is 0 Å². The Labute approximate surface area is 71.8 Å². The highest BCUT2D eigenvalue weighted by Crippen LogP contribution is 2.15. The number of rotatable bonds is 4. The molecule has 1 saturated heterocycles. The van der Waals surface area contributed by atoms with Crippen molar-refractivity contribution in [2.45, 2.75) is 39.1 Å². The predicted molar refractivity (Wildman–Crippen MR) is 41.7 cm³/mol. The standard InChI is InChI=1S/C8H14O4/c1-3-4-5-10-7-6(2)11-8(9)12-7/h6-7H,3-5H2,1-2H3. The lowest BCUT2D eigenvalue weighted by molar-refractivity contribution is -0.0975. The van der Waals surface area contributed by atoms with Crippen LogP contribution in [0, 0.1) is 0 Å². The van der Waals surface area contributed by atoms with Crippen molar-refractivity contribution in [1.29, 1.82) is 0 Å². The van der Waals surface area contributed by atoms with E-state index >= 15 is 0 Å². The van der Waals surface area contributed by atoms with Crippen molar-refractivity contribution in [3.8, 4) is 0 Å². The summed E-state index contributed by atoms with van der Waals surface area (Å²) in [6.07, 6.45) is 0.610. The van der Waals surface area contributed by atoms with Gasteiger partial charge in [-0.05, 0) is 13.3 Å². The second kappa shape index (κ2) is 4.30. The summed E-state index contributed by atoms with van der Waals surface area (Å²) in [4.78, 5) is 10.6. The molecule has 1 rings (SSSR count). The van der Waals surface area contributed by atoms with Crippen LogP contribution in [-0.4, -0.2) is 25.2 Å². The van der Waals surface area contributed by atoms with Crippen molar-refractivity contribution in [2.75, 3.05) is 6.61 Å². The first-order chi connectivity index (χ1) is 5.74. The molecular weight excluding hydrogens is 160 g/mol. The van der Waals surface area contributed by atoms with Crippen LogP contribution in [0.4, 0.5) is 4.79 Å². The first-order valence-corrected chi connectivity index (χ1v) is 4.23. The summed E-state index contributed by atoms with van der Waals surface area (Å²) in [6, 6.07) is 0. The Morgan fingerprint density at radius 3 is 2.75 bits per heavy atom. The molecule has 2 unspecified atom stereocenters. The highest BCUT2D eigenvalue weighted by atomic mass is 16.8. The van der Waals surface area contributed by atoms with E-state index in [-0.39, 0.29) is 6.10 Å². The maximum atomic E-state index is 10.6. The predicted octanol–water partition coefficient (Wildman–Crippen LogP) is 1.68. The molecule has 2 atom stereocenters. The van der Waals surface area contributed by atoms with E-state index in [0.717, 1.165) is 12.8 Å². The molecule has 1 aliphatic rings. The number of cyclic esters (lactones) is 2. The summed E-state index contributed by atoms with van der Waals surface area (Å²) in [6.45, 7) is 4.44. The van der Waals surface area contributed by atoms with Gasteiger partial charge in [-0.25, -0.2) is 4.79 Å². The molecule has 12 heavy (non-hydrogen) atoms. The summed E-state index contributed by atoms with van der Waals surface area (Å²) < 4.78 is 14.7. The Morgan fingerprint density at radius 1 is 1.50 bits per heavy atom. The van der Waals surface area contributed by atoms with E-state index in [0.29, 0.717) is 6.61 Å². The second-order valence-corrected chi connectivity index (χ2v) is 2.78. The molecule has 0 amide bonds. The van der Waals surface area contributed by atoms with Gasteiger partial charge in [0, 0.05) is 0 Å². The average molecular weight is 174 g/mol. The molecule has 4 heteroatoms. The minimum Gasteiger partial charge on any atom is -0.425 e. The van der Waals surface area contributed by atoms with E-state index in [2.05, 4.69) is 6.92 Å². The Hall–Kier alpha value is -0.770. The van der Waals surface area contributed by atoms with Crippen LogP contribution in [0.15, 0.2) is 0 Å². The zero-order valence-corrected chi connectivity index (χ0v) is 7.41. The van der Waals surface area contributed by atoms with Crippen LogP contribution < -0.4 is 0 Å². The molecule has 0 aromatic rings. The highest BCUT2D eigenvalue weighted by Gasteiger charge is 2.33. The third-order valence-corrected chi connectivity index (χ3v) is 1.66. The third kappa shape index (κ3) is 2.37. The first-order valence-electron chi connectivity index (χ1n) is 4.23. The van der Waals surface area contributed by atoms with E-state index in [1.54, 1.807) is 6.92 Å². The van der Waals surface area contributed by atoms with E-state index in [1.165, 1.54) is 0 Å². The van der Waals surface area contributed by atoms with Gasteiger partial charge in [0.1, 0.15) is 0 Å². The zero-order valence-electron chi connectivity index (χ0n) is 7.41. The zero-order chi connectivity index (χ0) is 8.97. The van der Waals surface area contributed by atoms with Crippen LogP contribution in [-0.2, 0) is 14.2 Å². The minimum atomic E-state index is -0.635. The van der Waals surface area contributed by atoms with Gasteiger partial charge >= 0.3 is 6.16 Å². The van der Waals surface area contributed by atoms with Crippen molar-refractivity contribution >= 4 is 6.16 Å². The van der Waals surface area contributed by atoms with Crippen molar-refractivity contribution in [3.63, 3.8) is 0 Å². The molecule has 1 fully saturated rings. The van der Waals surface area contributed by atoms with Gasteiger partial charge in [0.25, 0.3) is 0 Å². The molecular formula is C8H14O4. The van der Waals surface area contributed by atoms with Gasteiger partial charge < -0.3 is 14.2 Å². The molecule has 0 aromatic heterocycles. The van der Waals surface area contributed by atoms with E-state index < -0.39 is 12.4 Å². The highest BCUT2D eigenvalue weighted by molar-refractivity contribution is 5.62. The average Bonchev–Trinajstić information content (AvgIpc) is 2.31. The maximum Gasteiger partial charge on any atom is 0.511 e. The molecule has 1 aliphatic heterocycles. The largest absolute Gasteiger partial charge is 0.511 e. The van der Waals surface area contributed by atoms with E-state index in [9.17, 15) is 4.79 Å².